The number of carbonyl (C=O) groups excluding carboxylic acids is 1. The van der Waals surface area contributed by atoms with Crippen LogP contribution in [0.4, 0.5) is 0 Å². The lowest BCUT2D eigenvalue weighted by atomic mass is 9.99. The van der Waals surface area contributed by atoms with E-state index in [-0.39, 0.29) is 19.0 Å². The van der Waals surface area contributed by atoms with E-state index in [2.05, 4.69) is 6.92 Å². The minimum absolute atomic E-state index is 0.130. The van der Waals surface area contributed by atoms with Crippen molar-refractivity contribution in [2.45, 2.75) is 45.8 Å². The molecule has 0 radical (unpaired) electrons. The van der Waals surface area contributed by atoms with Crippen molar-refractivity contribution in [3.8, 4) is 17.2 Å². The van der Waals surface area contributed by atoms with Gasteiger partial charge in [-0.1, -0.05) is 37.6 Å². The summed E-state index contributed by atoms with van der Waals surface area (Å²) in [6, 6.07) is 9.35. The monoisotopic (exact) mass is 396 g/mol. The van der Waals surface area contributed by atoms with Crippen LogP contribution in [-0.4, -0.2) is 30.2 Å². The van der Waals surface area contributed by atoms with E-state index in [0.717, 1.165) is 12.8 Å². The van der Waals surface area contributed by atoms with Crippen LogP contribution in [0.5, 0.6) is 17.2 Å². The molecule has 5 nitrogen and oxygen atoms in total. The van der Waals surface area contributed by atoms with E-state index in [1.807, 2.05) is 50.3 Å². The molecule has 0 unspecified atom stereocenters. The van der Waals surface area contributed by atoms with Gasteiger partial charge in [-0.3, -0.25) is 4.79 Å². The molecule has 0 saturated heterocycles. The Morgan fingerprint density at radius 2 is 1.93 bits per heavy atom. The van der Waals surface area contributed by atoms with Gasteiger partial charge in [-0.25, -0.2) is 0 Å². The first-order valence-corrected chi connectivity index (χ1v) is 9.86. The molecule has 5 heteroatoms. The second-order valence-corrected chi connectivity index (χ2v) is 7.65. The van der Waals surface area contributed by atoms with E-state index in [4.69, 9.17) is 14.2 Å². The normalized spacial score (nSPS) is 14.1. The summed E-state index contributed by atoms with van der Waals surface area (Å²) in [6.07, 6.45) is 5.87. The molecular formula is C24H28O5. The molecule has 1 aliphatic rings. The van der Waals surface area contributed by atoms with E-state index < -0.39 is 5.60 Å². The molecule has 3 rings (SSSR count). The molecule has 0 atom stereocenters. The van der Waals surface area contributed by atoms with Gasteiger partial charge in [-0.2, -0.15) is 0 Å². The number of rotatable bonds is 8. The number of benzene rings is 2. The number of fused-ring (bicyclic) bond motifs is 1. The van der Waals surface area contributed by atoms with Crippen LogP contribution in [0.2, 0.25) is 0 Å². The summed E-state index contributed by atoms with van der Waals surface area (Å²) < 4.78 is 17.3. The molecule has 0 fully saturated rings. The van der Waals surface area contributed by atoms with Crippen LogP contribution in [0.25, 0.3) is 6.08 Å². The van der Waals surface area contributed by atoms with Crippen molar-refractivity contribution in [1.29, 1.82) is 0 Å². The van der Waals surface area contributed by atoms with E-state index in [0.29, 0.717) is 33.9 Å². The first-order valence-electron chi connectivity index (χ1n) is 9.86. The van der Waals surface area contributed by atoms with Crippen LogP contribution >= 0.6 is 0 Å². The van der Waals surface area contributed by atoms with Crippen LogP contribution in [0.15, 0.2) is 36.4 Å². The Morgan fingerprint density at radius 1 is 1.21 bits per heavy atom. The van der Waals surface area contributed by atoms with Crippen molar-refractivity contribution < 1.29 is 24.1 Å². The highest BCUT2D eigenvalue weighted by molar-refractivity contribution is 5.97. The summed E-state index contributed by atoms with van der Waals surface area (Å²) in [6.45, 7) is 5.61. The van der Waals surface area contributed by atoms with E-state index in [1.54, 1.807) is 6.07 Å². The number of methoxy groups -OCH3 is 1. The molecule has 1 N–H and O–H groups in total. The first kappa shape index (κ1) is 20.9. The summed E-state index contributed by atoms with van der Waals surface area (Å²) in [7, 11) is 1.53. The molecule has 0 spiro atoms. The molecule has 0 bridgehead atoms. The van der Waals surface area contributed by atoms with Crippen molar-refractivity contribution in [3.05, 3.63) is 58.7 Å². The predicted octanol–water partition coefficient (Wildman–Crippen LogP) is 4.59. The third-order valence-corrected chi connectivity index (χ3v) is 4.91. The van der Waals surface area contributed by atoms with Crippen LogP contribution in [0.1, 0.15) is 54.2 Å². The predicted molar refractivity (Wildman–Crippen MR) is 113 cm³/mol. The number of carbonyl (C=O) groups is 1. The van der Waals surface area contributed by atoms with Crippen LogP contribution < -0.4 is 14.2 Å². The van der Waals surface area contributed by atoms with Gasteiger partial charge in [0.2, 0.25) is 0 Å². The van der Waals surface area contributed by atoms with Crippen molar-refractivity contribution >= 4 is 11.9 Å². The lowest BCUT2D eigenvalue weighted by molar-refractivity contribution is 0.0917. The summed E-state index contributed by atoms with van der Waals surface area (Å²) in [5.74, 6) is 1.33. The number of aryl methyl sites for hydroxylation is 1. The zero-order chi connectivity index (χ0) is 21.0. The number of ketones is 1. The number of hydrogen-bond donors (Lipinski definition) is 1. The van der Waals surface area contributed by atoms with Gasteiger partial charge in [0.1, 0.15) is 22.8 Å². The van der Waals surface area contributed by atoms with Gasteiger partial charge in [-0.05, 0) is 38.0 Å². The van der Waals surface area contributed by atoms with E-state index in [1.165, 1.54) is 12.7 Å². The van der Waals surface area contributed by atoms with Crippen molar-refractivity contribution in [3.63, 3.8) is 0 Å². The standard InChI is InChI=1S/C24H28O5/c1-5-6-16-7-9-17(10-8-16)20(26)15-28-23-18-11-12-24(2,3)29-22(18)13-21(27-4)19(23)14-25/h7-13,25H,5-6,14-15H2,1-4H3. The third kappa shape index (κ3) is 4.62. The molecular weight excluding hydrogens is 368 g/mol. The molecule has 1 aliphatic heterocycles. The molecule has 0 aromatic heterocycles. The molecule has 2 aromatic carbocycles. The maximum atomic E-state index is 12.6. The van der Waals surface area contributed by atoms with E-state index >= 15 is 0 Å². The lowest BCUT2D eigenvalue weighted by Crippen LogP contribution is -2.28. The van der Waals surface area contributed by atoms with Crippen LogP contribution in [-0.2, 0) is 13.0 Å². The molecule has 1 heterocycles. The molecule has 154 valence electrons. The minimum Gasteiger partial charge on any atom is -0.496 e. The van der Waals surface area contributed by atoms with Gasteiger partial charge < -0.3 is 19.3 Å². The number of hydrogen-bond acceptors (Lipinski definition) is 5. The molecule has 2 aromatic rings. The van der Waals surface area contributed by atoms with Crippen LogP contribution in [0, 0.1) is 0 Å². The molecule has 0 saturated carbocycles. The Kier molecular flexibility index (Phi) is 6.28. The van der Waals surface area contributed by atoms with Crippen molar-refractivity contribution in [2.75, 3.05) is 13.7 Å². The highest BCUT2D eigenvalue weighted by atomic mass is 16.5. The highest BCUT2D eigenvalue weighted by Crippen LogP contribution is 2.44. The fraction of sp³-hybridized carbons (Fsp3) is 0.375. The second-order valence-electron chi connectivity index (χ2n) is 7.65. The average molecular weight is 396 g/mol. The SMILES string of the molecule is CCCc1ccc(C(=O)COc2c3c(cc(OC)c2CO)OC(C)(C)C=C3)cc1. The number of Topliss-reactive ketones (excluding diaryl/α,β-unsaturated/α-hetero) is 1. The van der Waals surface area contributed by atoms with Gasteiger partial charge in [-0.15, -0.1) is 0 Å². The summed E-state index contributed by atoms with van der Waals surface area (Å²) in [5.41, 5.74) is 2.52. The second kappa shape index (κ2) is 8.70. The number of ether oxygens (including phenoxy) is 3. The van der Waals surface area contributed by atoms with E-state index in [9.17, 15) is 9.90 Å². The topological polar surface area (TPSA) is 65.0 Å². The average Bonchev–Trinajstić information content (AvgIpc) is 2.70. The maximum absolute atomic E-state index is 12.6. The molecule has 0 amide bonds. The fourth-order valence-electron chi connectivity index (χ4n) is 3.38. The Bertz CT molecular complexity index is 910. The summed E-state index contributed by atoms with van der Waals surface area (Å²) in [5, 5.41) is 9.89. The summed E-state index contributed by atoms with van der Waals surface area (Å²) >= 11 is 0. The largest absolute Gasteiger partial charge is 0.496 e. The third-order valence-electron chi connectivity index (χ3n) is 4.91. The Morgan fingerprint density at radius 3 is 2.55 bits per heavy atom. The van der Waals surface area contributed by atoms with Gasteiger partial charge in [0, 0.05) is 11.6 Å². The number of aliphatic hydroxyl groups is 1. The molecule has 0 aliphatic carbocycles. The number of aliphatic hydroxyl groups excluding tert-OH is 1. The zero-order valence-electron chi connectivity index (χ0n) is 17.5. The van der Waals surface area contributed by atoms with Gasteiger partial charge in [0.25, 0.3) is 0 Å². The fourth-order valence-corrected chi connectivity index (χ4v) is 3.38. The van der Waals surface area contributed by atoms with Crippen molar-refractivity contribution in [2.24, 2.45) is 0 Å². The van der Waals surface area contributed by atoms with Gasteiger partial charge in [0.15, 0.2) is 12.4 Å². The lowest BCUT2D eigenvalue weighted by Gasteiger charge is -2.30. The van der Waals surface area contributed by atoms with Crippen LogP contribution in [0.3, 0.4) is 0 Å². The Hall–Kier alpha value is -2.79. The quantitative estimate of drug-likeness (QED) is 0.662. The zero-order valence-corrected chi connectivity index (χ0v) is 17.5. The van der Waals surface area contributed by atoms with Crippen molar-refractivity contribution in [1.82, 2.24) is 0 Å². The maximum Gasteiger partial charge on any atom is 0.200 e. The molecule has 29 heavy (non-hydrogen) atoms. The smallest absolute Gasteiger partial charge is 0.200 e. The highest BCUT2D eigenvalue weighted by Gasteiger charge is 2.28. The minimum atomic E-state index is -0.466. The Balaban J connectivity index is 1.87. The van der Waals surface area contributed by atoms with Gasteiger partial charge in [0.05, 0.1) is 24.8 Å². The Labute approximate surface area is 171 Å². The van der Waals surface area contributed by atoms with Gasteiger partial charge >= 0.3 is 0 Å². The summed E-state index contributed by atoms with van der Waals surface area (Å²) in [4.78, 5) is 12.6. The first-order chi connectivity index (χ1) is 13.9.